The molecule has 0 unspecified atom stereocenters. The van der Waals surface area contributed by atoms with Crippen LogP contribution in [-0.4, -0.2) is 19.7 Å². The van der Waals surface area contributed by atoms with Crippen LogP contribution in [0.4, 0.5) is 0 Å². The molecule has 0 bridgehead atoms. The molecule has 0 fully saturated rings. The monoisotopic (exact) mass is 233 g/mol. The molecule has 0 aliphatic rings. The molecule has 0 aliphatic carbocycles. The van der Waals surface area contributed by atoms with Crippen molar-refractivity contribution in [2.24, 2.45) is 0 Å². The summed E-state index contributed by atoms with van der Waals surface area (Å²) in [7, 11) is 1.54. The van der Waals surface area contributed by atoms with Gasteiger partial charge in [0.25, 0.3) is 0 Å². The van der Waals surface area contributed by atoms with Gasteiger partial charge in [0.1, 0.15) is 5.75 Å². The molecule has 0 radical (unpaired) electrons. The highest BCUT2D eigenvalue weighted by atomic mass is 16.5. The highest BCUT2D eigenvalue weighted by molar-refractivity contribution is 5.74. The molecule has 4 heteroatoms. The Morgan fingerprint density at radius 2 is 2.18 bits per heavy atom. The number of carbonyl (C=O) groups is 1. The summed E-state index contributed by atoms with van der Waals surface area (Å²) in [6.45, 7) is 3.90. The van der Waals surface area contributed by atoms with E-state index in [1.54, 1.807) is 26.0 Å². The number of nitrogens with zero attached hydrogens (tertiary/aromatic N) is 1. The zero-order valence-corrected chi connectivity index (χ0v) is 10.2. The van der Waals surface area contributed by atoms with Crippen LogP contribution in [0.5, 0.6) is 5.75 Å². The lowest BCUT2D eigenvalue weighted by Crippen LogP contribution is -2.10. The first-order chi connectivity index (χ1) is 8.13. The Morgan fingerprint density at radius 1 is 1.47 bits per heavy atom. The average Bonchev–Trinajstić information content (AvgIpc) is 2.32. The molecule has 17 heavy (non-hydrogen) atoms. The van der Waals surface area contributed by atoms with Gasteiger partial charge in [-0.2, -0.15) is 5.26 Å². The Labute approximate surface area is 101 Å². The quantitative estimate of drug-likeness (QED) is 0.746. The highest BCUT2D eigenvalue weighted by Crippen LogP contribution is 2.25. The van der Waals surface area contributed by atoms with Crippen LogP contribution in [0.3, 0.4) is 0 Å². The Hall–Kier alpha value is -2.02. The van der Waals surface area contributed by atoms with Gasteiger partial charge in [0, 0.05) is 5.56 Å². The van der Waals surface area contributed by atoms with Crippen LogP contribution >= 0.6 is 0 Å². The van der Waals surface area contributed by atoms with Crippen molar-refractivity contribution in [3.63, 3.8) is 0 Å². The van der Waals surface area contributed by atoms with Gasteiger partial charge in [0.15, 0.2) is 0 Å². The number of methoxy groups -OCH3 is 1. The van der Waals surface area contributed by atoms with Crippen molar-refractivity contribution in [1.29, 1.82) is 5.26 Å². The van der Waals surface area contributed by atoms with E-state index in [9.17, 15) is 4.79 Å². The summed E-state index contributed by atoms with van der Waals surface area (Å²) in [5.41, 5.74) is 2.02. The molecule has 0 saturated carbocycles. The van der Waals surface area contributed by atoms with Crippen molar-refractivity contribution in [3.05, 3.63) is 28.8 Å². The first-order valence-electron chi connectivity index (χ1n) is 5.36. The summed E-state index contributed by atoms with van der Waals surface area (Å²) in [5.74, 6) is 0.290. The molecule has 90 valence electrons. The lowest BCUT2D eigenvalue weighted by molar-refractivity contribution is -0.142. The van der Waals surface area contributed by atoms with Crippen LogP contribution in [0, 0.1) is 18.3 Å². The van der Waals surface area contributed by atoms with Crippen molar-refractivity contribution < 1.29 is 14.3 Å². The molecule has 0 aliphatic heterocycles. The molecule has 1 rings (SSSR count). The van der Waals surface area contributed by atoms with Gasteiger partial charge in [-0.1, -0.05) is 0 Å². The molecule has 0 saturated heterocycles. The Balaban J connectivity index is 3.11. The molecule has 1 aromatic rings. The number of benzene rings is 1. The van der Waals surface area contributed by atoms with E-state index < -0.39 is 0 Å². The predicted octanol–water partition coefficient (Wildman–Crippen LogP) is 1.98. The van der Waals surface area contributed by atoms with Gasteiger partial charge in [-0.15, -0.1) is 0 Å². The van der Waals surface area contributed by atoms with E-state index >= 15 is 0 Å². The smallest absolute Gasteiger partial charge is 0.310 e. The maximum Gasteiger partial charge on any atom is 0.310 e. The maximum absolute atomic E-state index is 11.5. The fourth-order valence-corrected chi connectivity index (χ4v) is 1.62. The third-order valence-electron chi connectivity index (χ3n) is 2.52. The second-order valence-electron chi connectivity index (χ2n) is 3.51. The van der Waals surface area contributed by atoms with Gasteiger partial charge >= 0.3 is 5.97 Å². The van der Waals surface area contributed by atoms with E-state index in [4.69, 9.17) is 14.7 Å². The number of ether oxygens (including phenoxy) is 2. The van der Waals surface area contributed by atoms with Gasteiger partial charge in [-0.25, -0.2) is 0 Å². The number of nitriles is 1. The largest absolute Gasteiger partial charge is 0.496 e. The number of carbonyl (C=O) groups excluding carboxylic acids is 1. The zero-order valence-electron chi connectivity index (χ0n) is 10.2. The highest BCUT2D eigenvalue weighted by Gasteiger charge is 2.14. The molecule has 0 spiro atoms. The second-order valence-corrected chi connectivity index (χ2v) is 3.51. The SMILES string of the molecule is CCOC(=O)Cc1c(OC)ccc(C#N)c1C. The lowest BCUT2D eigenvalue weighted by Gasteiger charge is -2.12. The third-order valence-corrected chi connectivity index (χ3v) is 2.52. The Bertz CT molecular complexity index is 460. The predicted molar refractivity (Wildman–Crippen MR) is 62.8 cm³/mol. The summed E-state index contributed by atoms with van der Waals surface area (Å²) in [5, 5.41) is 8.94. The molecule has 0 heterocycles. The first kappa shape index (κ1) is 13.0. The minimum Gasteiger partial charge on any atom is -0.496 e. The van der Waals surface area contributed by atoms with Crippen molar-refractivity contribution >= 4 is 5.97 Å². The summed E-state index contributed by atoms with van der Waals surface area (Å²) in [4.78, 5) is 11.5. The van der Waals surface area contributed by atoms with Crippen LogP contribution in [0.1, 0.15) is 23.6 Å². The fourth-order valence-electron chi connectivity index (χ4n) is 1.62. The lowest BCUT2D eigenvalue weighted by atomic mass is 9.99. The summed E-state index contributed by atoms with van der Waals surface area (Å²) in [6.07, 6.45) is 0.123. The molecule has 4 nitrogen and oxygen atoms in total. The van der Waals surface area contributed by atoms with Crippen LogP contribution in [0.25, 0.3) is 0 Å². The molecular formula is C13H15NO3. The minimum atomic E-state index is -0.316. The summed E-state index contributed by atoms with van der Waals surface area (Å²) < 4.78 is 10.1. The van der Waals surface area contributed by atoms with E-state index in [-0.39, 0.29) is 12.4 Å². The van der Waals surface area contributed by atoms with Gasteiger partial charge in [0.2, 0.25) is 0 Å². The summed E-state index contributed by atoms with van der Waals surface area (Å²) >= 11 is 0. The second kappa shape index (κ2) is 5.90. The minimum absolute atomic E-state index is 0.123. The summed E-state index contributed by atoms with van der Waals surface area (Å²) in [6, 6.07) is 5.46. The fraction of sp³-hybridized carbons (Fsp3) is 0.385. The topological polar surface area (TPSA) is 59.3 Å². The van der Waals surface area contributed by atoms with Crippen LogP contribution in [0.2, 0.25) is 0 Å². The number of esters is 1. The molecular weight excluding hydrogens is 218 g/mol. The van der Waals surface area contributed by atoms with Crippen LogP contribution in [0.15, 0.2) is 12.1 Å². The van der Waals surface area contributed by atoms with Gasteiger partial charge < -0.3 is 9.47 Å². The van der Waals surface area contributed by atoms with Crippen molar-refractivity contribution in [2.45, 2.75) is 20.3 Å². The molecule has 0 N–H and O–H groups in total. The first-order valence-corrected chi connectivity index (χ1v) is 5.36. The molecule has 1 aromatic carbocycles. The van der Waals surface area contributed by atoms with E-state index in [1.165, 1.54) is 7.11 Å². The van der Waals surface area contributed by atoms with Crippen molar-refractivity contribution in [2.75, 3.05) is 13.7 Å². The average molecular weight is 233 g/mol. The van der Waals surface area contributed by atoms with E-state index in [0.29, 0.717) is 23.5 Å². The Kier molecular flexibility index (Phi) is 4.53. The maximum atomic E-state index is 11.5. The molecule has 0 amide bonds. The van der Waals surface area contributed by atoms with E-state index in [0.717, 1.165) is 5.56 Å². The van der Waals surface area contributed by atoms with Crippen molar-refractivity contribution in [3.8, 4) is 11.8 Å². The number of hydrogen-bond acceptors (Lipinski definition) is 4. The van der Waals surface area contributed by atoms with E-state index in [2.05, 4.69) is 6.07 Å². The van der Waals surface area contributed by atoms with Crippen molar-refractivity contribution in [1.82, 2.24) is 0 Å². The number of rotatable bonds is 4. The molecule has 0 atom stereocenters. The zero-order chi connectivity index (χ0) is 12.8. The van der Waals surface area contributed by atoms with Gasteiger partial charge in [-0.05, 0) is 31.5 Å². The third kappa shape index (κ3) is 2.97. The van der Waals surface area contributed by atoms with E-state index in [1.807, 2.05) is 0 Å². The Morgan fingerprint density at radius 3 is 2.71 bits per heavy atom. The standard InChI is InChI=1S/C13H15NO3/c1-4-17-13(15)7-11-9(2)10(8-14)5-6-12(11)16-3/h5-6H,4,7H2,1-3H3. The van der Waals surface area contributed by atoms with Crippen LogP contribution in [-0.2, 0) is 16.0 Å². The normalized spacial score (nSPS) is 9.53. The molecule has 0 aromatic heterocycles. The van der Waals surface area contributed by atoms with Gasteiger partial charge in [-0.3, -0.25) is 4.79 Å². The van der Waals surface area contributed by atoms with Crippen LogP contribution < -0.4 is 4.74 Å². The van der Waals surface area contributed by atoms with Gasteiger partial charge in [0.05, 0.1) is 31.8 Å². The number of hydrogen-bond donors (Lipinski definition) is 0.